The molecule has 132 valence electrons. The van der Waals surface area contributed by atoms with Crippen LogP contribution in [0.4, 0.5) is 0 Å². The first kappa shape index (κ1) is 17.4. The van der Waals surface area contributed by atoms with E-state index in [4.69, 9.17) is 14.2 Å². The summed E-state index contributed by atoms with van der Waals surface area (Å²) in [5.41, 5.74) is 0.830. The molecule has 0 heterocycles. The maximum atomic E-state index is 12.2. The van der Waals surface area contributed by atoms with Gasteiger partial charge in [0.25, 0.3) is 0 Å². The average molecular weight is 349 g/mol. The largest absolute Gasteiger partial charge is 0.579 e. The van der Waals surface area contributed by atoms with Gasteiger partial charge in [0.05, 0.1) is 18.1 Å². The fourth-order valence-corrected chi connectivity index (χ4v) is 2.27. The fraction of sp³-hybridized carbons (Fsp3) is 0.0952. The number of hydrogen-bond acceptors (Lipinski definition) is 5. The van der Waals surface area contributed by atoms with Crippen LogP contribution >= 0.6 is 0 Å². The number of benzene rings is 2. The van der Waals surface area contributed by atoms with Crippen molar-refractivity contribution in [3.63, 3.8) is 0 Å². The minimum Gasteiger partial charge on any atom is -0.579 e. The third-order valence-electron chi connectivity index (χ3n) is 3.54. The molecule has 0 atom stereocenters. The van der Waals surface area contributed by atoms with Crippen molar-refractivity contribution in [3.8, 4) is 17.2 Å². The van der Waals surface area contributed by atoms with E-state index in [1.165, 1.54) is 0 Å². The summed E-state index contributed by atoms with van der Waals surface area (Å²) in [6, 6.07) is 13.0. The van der Waals surface area contributed by atoms with Gasteiger partial charge < -0.3 is 19.3 Å². The van der Waals surface area contributed by atoms with Gasteiger partial charge in [-0.05, 0) is 61.0 Å². The molecule has 2 aromatic carbocycles. The maximum absolute atomic E-state index is 12.2. The molecule has 0 N–H and O–H groups in total. The molecule has 5 heteroatoms. The van der Waals surface area contributed by atoms with Crippen LogP contribution in [0.5, 0.6) is 17.2 Å². The van der Waals surface area contributed by atoms with Gasteiger partial charge in [0.15, 0.2) is 0 Å². The van der Waals surface area contributed by atoms with E-state index in [-0.39, 0.29) is 0 Å². The van der Waals surface area contributed by atoms with Crippen LogP contribution in [0, 0.1) is 0 Å². The summed E-state index contributed by atoms with van der Waals surface area (Å²) >= 11 is 0. The van der Waals surface area contributed by atoms with Crippen molar-refractivity contribution in [2.75, 3.05) is 6.61 Å². The van der Waals surface area contributed by atoms with E-state index in [0.717, 1.165) is 0 Å². The summed E-state index contributed by atoms with van der Waals surface area (Å²) in [5, 5.41) is 11.9. The number of esters is 1. The number of carbonyl (C=O) groups excluding carboxylic acids is 1. The molecule has 0 aliphatic heterocycles. The van der Waals surface area contributed by atoms with E-state index in [1.807, 2.05) is 6.92 Å². The monoisotopic (exact) mass is 349 g/mol. The Bertz CT molecular complexity index is 844. The molecule has 1 aliphatic rings. The minimum absolute atomic E-state index is 0.354. The zero-order valence-electron chi connectivity index (χ0n) is 14.2. The number of ether oxygens (including phenoxy) is 3. The van der Waals surface area contributed by atoms with Gasteiger partial charge in [-0.2, -0.15) is 0 Å². The molecular weight excluding hydrogens is 332 g/mol. The molecule has 5 nitrogen and oxygen atoms in total. The van der Waals surface area contributed by atoms with Gasteiger partial charge in [0.2, 0.25) is 0 Å². The number of allylic oxidation sites excluding steroid dienone is 5. The third-order valence-corrected chi connectivity index (χ3v) is 3.54. The van der Waals surface area contributed by atoms with Crippen molar-refractivity contribution >= 4 is 5.97 Å². The zero-order chi connectivity index (χ0) is 18.4. The van der Waals surface area contributed by atoms with Crippen LogP contribution in [0.25, 0.3) is 0 Å². The Morgan fingerprint density at radius 1 is 0.846 bits per heavy atom. The molecule has 26 heavy (non-hydrogen) atoms. The molecule has 0 amide bonds. The molecule has 0 bridgehead atoms. The van der Waals surface area contributed by atoms with Gasteiger partial charge in [-0.15, -0.1) is 0 Å². The van der Waals surface area contributed by atoms with Gasteiger partial charge in [-0.1, -0.05) is 24.3 Å². The van der Waals surface area contributed by atoms with Crippen molar-refractivity contribution in [1.82, 2.24) is 0 Å². The molecule has 0 radical (unpaired) electrons. The Morgan fingerprint density at radius 3 is 2.00 bits per heavy atom. The molecular formula is C21H17O5-. The Morgan fingerprint density at radius 2 is 1.38 bits per heavy atom. The molecule has 0 saturated heterocycles. The lowest BCUT2D eigenvalue weighted by molar-refractivity contribution is -0.343. The van der Waals surface area contributed by atoms with Crippen LogP contribution < -0.4 is 19.3 Å². The van der Waals surface area contributed by atoms with Crippen LogP contribution in [0.2, 0.25) is 0 Å². The van der Waals surface area contributed by atoms with Crippen LogP contribution in [0.15, 0.2) is 84.4 Å². The molecule has 1 aliphatic carbocycles. The topological polar surface area (TPSA) is 67.8 Å². The van der Waals surface area contributed by atoms with Gasteiger partial charge in [0, 0.05) is 5.75 Å². The normalized spacial score (nSPS) is 12.1. The molecule has 2 aromatic rings. The zero-order valence-corrected chi connectivity index (χ0v) is 14.2. The van der Waals surface area contributed by atoms with E-state index >= 15 is 0 Å². The lowest BCUT2D eigenvalue weighted by Gasteiger charge is -2.17. The van der Waals surface area contributed by atoms with Crippen molar-refractivity contribution in [2.24, 2.45) is 0 Å². The first-order valence-corrected chi connectivity index (χ1v) is 8.14. The smallest absolute Gasteiger partial charge is 0.343 e. The summed E-state index contributed by atoms with van der Waals surface area (Å²) in [6.45, 7) is 2.47. The van der Waals surface area contributed by atoms with Gasteiger partial charge in [-0.25, -0.2) is 4.79 Å². The first-order valence-electron chi connectivity index (χ1n) is 8.14. The predicted molar refractivity (Wildman–Crippen MR) is 94.9 cm³/mol. The summed E-state index contributed by atoms with van der Waals surface area (Å²) in [5.74, 6) is 0.546. The van der Waals surface area contributed by atoms with Crippen molar-refractivity contribution in [2.45, 2.75) is 6.92 Å². The summed E-state index contributed by atoms with van der Waals surface area (Å²) < 4.78 is 15.9. The Kier molecular flexibility index (Phi) is 5.39. The molecule has 0 fully saturated rings. The highest BCUT2D eigenvalue weighted by Crippen LogP contribution is 2.20. The van der Waals surface area contributed by atoms with E-state index in [1.54, 1.807) is 72.8 Å². The quantitative estimate of drug-likeness (QED) is 0.454. The number of hydrogen-bond donors (Lipinski definition) is 0. The van der Waals surface area contributed by atoms with Crippen LogP contribution in [0.3, 0.4) is 0 Å². The summed E-state index contributed by atoms with van der Waals surface area (Å²) in [4.78, 5) is 12.2. The SMILES string of the molecule is CCOc1ccc(OC(=O)c2ccc(OC([O-])=C3C=CC=C3)cc2)cc1. The van der Waals surface area contributed by atoms with Crippen molar-refractivity contribution in [1.29, 1.82) is 0 Å². The molecule has 0 unspecified atom stereocenters. The summed E-state index contributed by atoms with van der Waals surface area (Å²) in [7, 11) is 0. The fourth-order valence-electron chi connectivity index (χ4n) is 2.27. The van der Waals surface area contributed by atoms with Crippen LogP contribution in [0.1, 0.15) is 17.3 Å². The maximum Gasteiger partial charge on any atom is 0.343 e. The van der Waals surface area contributed by atoms with Gasteiger partial charge in [0.1, 0.15) is 11.5 Å². The van der Waals surface area contributed by atoms with E-state index in [9.17, 15) is 9.90 Å². The van der Waals surface area contributed by atoms with Crippen LogP contribution in [-0.2, 0) is 0 Å². The van der Waals surface area contributed by atoms with Crippen molar-refractivity contribution in [3.05, 3.63) is 89.9 Å². The lowest BCUT2D eigenvalue weighted by atomic mass is 10.2. The Labute approximate surface area is 151 Å². The average Bonchev–Trinajstić information content (AvgIpc) is 3.19. The second kappa shape index (κ2) is 8.07. The predicted octanol–water partition coefficient (Wildman–Crippen LogP) is 3.38. The van der Waals surface area contributed by atoms with Crippen LogP contribution in [-0.4, -0.2) is 12.6 Å². The highest BCUT2D eigenvalue weighted by atomic mass is 16.6. The molecule has 0 saturated carbocycles. The Hall–Kier alpha value is -3.47. The second-order valence-corrected chi connectivity index (χ2v) is 5.38. The van der Waals surface area contributed by atoms with E-state index < -0.39 is 11.9 Å². The van der Waals surface area contributed by atoms with E-state index in [2.05, 4.69) is 0 Å². The first-order chi connectivity index (χ1) is 12.7. The highest BCUT2D eigenvalue weighted by molar-refractivity contribution is 5.91. The number of carbonyl (C=O) groups is 1. The molecule has 0 aromatic heterocycles. The highest BCUT2D eigenvalue weighted by Gasteiger charge is 2.08. The standard InChI is InChI=1S/C21H18O5/c1-2-24-17-11-13-19(14-12-17)26-21(23)16-7-9-18(10-8-16)25-20(22)15-5-3-4-6-15/h3-14,22H,2H2,1H3/p-1. The number of rotatable bonds is 6. The third kappa shape index (κ3) is 4.33. The second-order valence-electron chi connectivity index (χ2n) is 5.38. The lowest BCUT2D eigenvalue weighted by Crippen LogP contribution is -2.13. The summed E-state index contributed by atoms with van der Waals surface area (Å²) in [6.07, 6.45) is 6.86. The van der Waals surface area contributed by atoms with Gasteiger partial charge in [-0.3, -0.25) is 0 Å². The van der Waals surface area contributed by atoms with Gasteiger partial charge >= 0.3 is 5.97 Å². The molecule has 3 rings (SSSR count). The van der Waals surface area contributed by atoms with E-state index in [0.29, 0.717) is 35.0 Å². The minimum atomic E-state index is -0.497. The molecule has 0 spiro atoms. The Balaban J connectivity index is 1.62. The van der Waals surface area contributed by atoms with Crippen molar-refractivity contribution < 1.29 is 24.1 Å².